The van der Waals surface area contributed by atoms with Crippen LogP contribution in [0.4, 0.5) is 0 Å². The summed E-state index contributed by atoms with van der Waals surface area (Å²) in [6.45, 7) is 8.17. The fourth-order valence-electron chi connectivity index (χ4n) is 6.23. The molecule has 1 aromatic rings. The predicted molar refractivity (Wildman–Crippen MR) is 138 cm³/mol. The smallest absolute Gasteiger partial charge is 0.252 e. The summed E-state index contributed by atoms with van der Waals surface area (Å²) in [7, 11) is 7.58. The van der Waals surface area contributed by atoms with Gasteiger partial charge in [-0.2, -0.15) is 5.06 Å². The number of phenols is 1. The summed E-state index contributed by atoms with van der Waals surface area (Å²) in [6.07, 6.45) is -1.44. The number of methoxy groups -OCH3 is 1. The Labute approximate surface area is 220 Å². The van der Waals surface area contributed by atoms with E-state index in [1.807, 2.05) is 0 Å². The molecule has 0 spiro atoms. The number of aliphatic hydroxyl groups is 3. The number of fused-ring (bicyclic) bond motifs is 3. The number of nitrogens with zero attached hydrogens (tertiary/aromatic N) is 2. The number of primary amides is 1. The number of hydrogen-bond acceptors (Lipinski definition) is 10. The number of carbonyl (C=O) groups excluding carboxylic acids is 2. The molecule has 0 bridgehead atoms. The lowest BCUT2D eigenvalue weighted by atomic mass is 9.55. The van der Waals surface area contributed by atoms with Gasteiger partial charge < -0.3 is 35.7 Å². The number of rotatable bonds is 6. The summed E-state index contributed by atoms with van der Waals surface area (Å²) >= 11 is 0. The van der Waals surface area contributed by atoms with Gasteiger partial charge in [0, 0.05) is 37.1 Å². The number of carbonyl (C=O) groups is 2. The zero-order chi connectivity index (χ0) is 28.4. The molecule has 0 aromatic heterocycles. The molecule has 0 saturated carbocycles. The summed E-state index contributed by atoms with van der Waals surface area (Å²) in [5.74, 6) is -5.33. The highest BCUT2D eigenvalue weighted by atomic mass is 16.7. The highest BCUT2D eigenvalue weighted by Gasteiger charge is 2.65. The number of benzene rings is 1. The van der Waals surface area contributed by atoms with E-state index in [1.54, 1.807) is 38.2 Å². The first-order valence-corrected chi connectivity index (χ1v) is 11.9. The van der Waals surface area contributed by atoms with E-state index in [2.05, 4.69) is 13.2 Å². The lowest BCUT2D eigenvalue weighted by Crippen LogP contribution is -2.65. The molecule has 0 radical (unpaired) electrons. The van der Waals surface area contributed by atoms with Crippen molar-refractivity contribution in [1.29, 1.82) is 0 Å². The number of nitrogens with two attached hydrogens (primary N) is 1. The zero-order valence-corrected chi connectivity index (χ0v) is 22.0. The van der Waals surface area contributed by atoms with Gasteiger partial charge in [-0.05, 0) is 25.2 Å². The van der Waals surface area contributed by atoms with Crippen molar-refractivity contribution in [3.63, 3.8) is 0 Å². The van der Waals surface area contributed by atoms with Crippen LogP contribution in [0.3, 0.4) is 0 Å². The molecule has 3 aliphatic carbocycles. The van der Waals surface area contributed by atoms with Gasteiger partial charge in [0.2, 0.25) is 0 Å². The van der Waals surface area contributed by atoms with Crippen LogP contribution in [0, 0.1) is 11.8 Å². The molecule has 204 valence electrons. The molecule has 1 unspecified atom stereocenters. The summed E-state index contributed by atoms with van der Waals surface area (Å²) in [5.41, 5.74) is 3.68. The van der Waals surface area contributed by atoms with Gasteiger partial charge in [0.1, 0.15) is 17.3 Å². The molecule has 5 atom stereocenters. The van der Waals surface area contributed by atoms with Gasteiger partial charge in [0.15, 0.2) is 11.4 Å². The number of ether oxygens (including phenoxy) is 1. The minimum absolute atomic E-state index is 0.0919. The van der Waals surface area contributed by atoms with Crippen LogP contribution in [-0.4, -0.2) is 95.2 Å². The van der Waals surface area contributed by atoms with Gasteiger partial charge in [-0.3, -0.25) is 14.5 Å². The average Bonchev–Trinajstić information content (AvgIpc) is 2.85. The van der Waals surface area contributed by atoms with Crippen LogP contribution in [0.1, 0.15) is 21.5 Å². The Morgan fingerprint density at radius 2 is 1.79 bits per heavy atom. The van der Waals surface area contributed by atoms with E-state index < -0.39 is 52.8 Å². The maximum atomic E-state index is 14.0. The van der Waals surface area contributed by atoms with E-state index in [0.717, 1.165) is 0 Å². The number of likely N-dealkylation sites (N-methyl/N-ethyl adjacent to an activating group) is 1. The maximum absolute atomic E-state index is 14.0. The molecular formula is C27H33N3O8. The number of ketones is 1. The van der Waals surface area contributed by atoms with E-state index in [-0.39, 0.29) is 40.2 Å². The first-order chi connectivity index (χ1) is 17.8. The average molecular weight is 528 g/mol. The van der Waals surface area contributed by atoms with Crippen molar-refractivity contribution < 1.29 is 39.6 Å². The van der Waals surface area contributed by atoms with Crippen molar-refractivity contribution in [3.05, 3.63) is 70.2 Å². The van der Waals surface area contributed by atoms with Crippen LogP contribution >= 0.6 is 0 Å². The second-order valence-electron chi connectivity index (χ2n) is 10.0. The molecule has 1 aromatic carbocycles. The standard InChI is InChI=1S/C27H33N3O8/c1-11-14-9-8-13(10-30(5)38-7)21(31)17(14)22(32)18-15(11)23(33)19-20(29(3)4)24(34)16(26(28)36)12(2)27(19,37-6)25(18)35/h8-9,15,19-20,23,31,33-35H,1-2,10H2,3-7H3,(H2,28,36)/t15-,19?,20+,23+,27+/m1/s1. The Kier molecular flexibility index (Phi) is 6.79. The van der Waals surface area contributed by atoms with E-state index in [0.29, 0.717) is 11.1 Å². The monoisotopic (exact) mass is 527 g/mol. The van der Waals surface area contributed by atoms with Crippen LogP contribution in [0.25, 0.3) is 5.57 Å². The van der Waals surface area contributed by atoms with E-state index in [9.17, 15) is 30.0 Å². The third-order valence-corrected chi connectivity index (χ3v) is 8.01. The predicted octanol–water partition coefficient (Wildman–Crippen LogP) is 1.20. The van der Waals surface area contributed by atoms with Crippen LogP contribution in [0.15, 0.2) is 53.5 Å². The largest absolute Gasteiger partial charge is 0.510 e. The van der Waals surface area contributed by atoms with E-state index >= 15 is 0 Å². The minimum atomic E-state index is -1.99. The number of aliphatic hydroxyl groups excluding tert-OH is 3. The number of hydrogen-bond donors (Lipinski definition) is 5. The number of Topliss-reactive ketones (excluding diaryl/α,β-unsaturated/α-hetero) is 1. The molecule has 38 heavy (non-hydrogen) atoms. The van der Waals surface area contributed by atoms with Gasteiger partial charge in [-0.15, -0.1) is 0 Å². The van der Waals surface area contributed by atoms with Crippen molar-refractivity contribution in [2.75, 3.05) is 35.4 Å². The first kappa shape index (κ1) is 27.6. The summed E-state index contributed by atoms with van der Waals surface area (Å²) in [5, 5.41) is 47.3. The minimum Gasteiger partial charge on any atom is -0.510 e. The first-order valence-electron chi connectivity index (χ1n) is 11.9. The van der Waals surface area contributed by atoms with E-state index in [4.69, 9.17) is 15.3 Å². The molecule has 0 heterocycles. The van der Waals surface area contributed by atoms with E-state index in [1.165, 1.54) is 19.3 Å². The highest BCUT2D eigenvalue weighted by Crippen LogP contribution is 2.58. The number of hydroxylamine groups is 2. The van der Waals surface area contributed by atoms with Gasteiger partial charge in [-0.25, -0.2) is 0 Å². The van der Waals surface area contributed by atoms with Crippen molar-refractivity contribution in [1.82, 2.24) is 9.96 Å². The van der Waals surface area contributed by atoms with Crippen LogP contribution in [0.2, 0.25) is 0 Å². The van der Waals surface area contributed by atoms with Gasteiger partial charge in [0.05, 0.1) is 42.5 Å². The lowest BCUT2D eigenvalue weighted by molar-refractivity contribution is -0.125. The lowest BCUT2D eigenvalue weighted by Gasteiger charge is -2.55. The quantitative estimate of drug-likeness (QED) is 0.339. The Balaban J connectivity index is 2.03. The molecule has 0 fully saturated rings. The summed E-state index contributed by atoms with van der Waals surface area (Å²) in [4.78, 5) is 33.1. The fraction of sp³-hybridized carbons (Fsp3) is 0.407. The Morgan fingerprint density at radius 3 is 2.32 bits per heavy atom. The summed E-state index contributed by atoms with van der Waals surface area (Å²) < 4.78 is 5.81. The van der Waals surface area contributed by atoms with Crippen LogP contribution in [0.5, 0.6) is 5.75 Å². The Bertz CT molecular complexity index is 1330. The molecule has 11 heteroatoms. The second-order valence-corrected chi connectivity index (χ2v) is 10.0. The number of amides is 1. The molecule has 0 saturated heterocycles. The van der Waals surface area contributed by atoms with Gasteiger partial charge in [0.25, 0.3) is 5.91 Å². The molecule has 6 N–H and O–H groups in total. The molecular weight excluding hydrogens is 494 g/mol. The Hall–Kier alpha value is -3.48. The third kappa shape index (κ3) is 3.47. The topological polar surface area (TPSA) is 166 Å². The highest BCUT2D eigenvalue weighted by molar-refractivity contribution is 6.18. The van der Waals surface area contributed by atoms with Gasteiger partial charge in [-0.1, -0.05) is 25.3 Å². The Morgan fingerprint density at radius 1 is 1.16 bits per heavy atom. The zero-order valence-electron chi connectivity index (χ0n) is 22.0. The van der Waals surface area contributed by atoms with Crippen molar-refractivity contribution in [2.24, 2.45) is 17.6 Å². The molecule has 0 aliphatic heterocycles. The van der Waals surface area contributed by atoms with Crippen LogP contribution < -0.4 is 5.73 Å². The normalized spacial score (nSPS) is 29.1. The molecule has 3 aliphatic rings. The molecule has 4 rings (SSSR count). The van der Waals surface area contributed by atoms with Crippen molar-refractivity contribution in [2.45, 2.75) is 24.3 Å². The molecule has 1 amide bonds. The van der Waals surface area contributed by atoms with Crippen molar-refractivity contribution >= 4 is 17.3 Å². The second kappa shape index (κ2) is 9.37. The fourth-order valence-corrected chi connectivity index (χ4v) is 6.23. The van der Waals surface area contributed by atoms with Crippen LogP contribution in [-0.2, 0) is 20.9 Å². The van der Waals surface area contributed by atoms with Gasteiger partial charge >= 0.3 is 0 Å². The molecule has 11 nitrogen and oxygen atoms in total. The number of phenolic OH excluding ortho intramolecular Hbond substituents is 1. The SMILES string of the molecule is C=C1c2ccc(CN(C)OC)c(O)c2C(=O)C2=C(O)[C@]3(OC)C(=C)C(C(N)=O)=C(O)[C@@H](N(C)C)C3[C@@H](O)[C@H]12. The maximum Gasteiger partial charge on any atom is 0.252 e. The third-order valence-electron chi connectivity index (χ3n) is 8.01. The summed E-state index contributed by atoms with van der Waals surface area (Å²) in [6, 6.07) is 2.20. The van der Waals surface area contributed by atoms with Crippen molar-refractivity contribution in [3.8, 4) is 5.75 Å². The number of aromatic hydroxyl groups is 1.